The molecule has 0 spiro atoms. The first-order chi connectivity index (χ1) is 10.0. The molecule has 2 rings (SSSR count). The lowest BCUT2D eigenvalue weighted by Gasteiger charge is -2.16. The first kappa shape index (κ1) is 15.3. The summed E-state index contributed by atoms with van der Waals surface area (Å²) >= 11 is 0. The van der Waals surface area contributed by atoms with Crippen LogP contribution in [-0.2, 0) is 13.5 Å². The Morgan fingerprint density at radius 2 is 2.00 bits per heavy atom. The molecule has 1 atom stereocenters. The van der Waals surface area contributed by atoms with E-state index >= 15 is 0 Å². The van der Waals surface area contributed by atoms with Crippen LogP contribution in [0.15, 0.2) is 30.3 Å². The second-order valence-electron chi connectivity index (χ2n) is 5.21. The summed E-state index contributed by atoms with van der Waals surface area (Å²) in [5, 5.41) is 16.6. The Morgan fingerprint density at radius 1 is 1.33 bits per heavy atom. The molecule has 0 unspecified atom stereocenters. The summed E-state index contributed by atoms with van der Waals surface area (Å²) in [7, 11) is 1.81. The van der Waals surface area contributed by atoms with Crippen LogP contribution in [0.5, 0.6) is 0 Å². The van der Waals surface area contributed by atoms with Gasteiger partial charge >= 0.3 is 0 Å². The van der Waals surface area contributed by atoms with Gasteiger partial charge in [0.1, 0.15) is 0 Å². The van der Waals surface area contributed by atoms with Gasteiger partial charge in [0.15, 0.2) is 0 Å². The second kappa shape index (κ2) is 6.54. The summed E-state index contributed by atoms with van der Waals surface area (Å²) in [6.45, 7) is 3.58. The van der Waals surface area contributed by atoms with Crippen molar-refractivity contribution >= 4 is 5.91 Å². The number of nitrogens with one attached hydrogen (secondary N) is 1. The predicted molar refractivity (Wildman–Crippen MR) is 81.2 cm³/mol. The molecule has 0 aliphatic heterocycles. The Kier molecular flexibility index (Phi) is 4.75. The van der Waals surface area contributed by atoms with Gasteiger partial charge in [-0.3, -0.25) is 9.48 Å². The fraction of sp³-hybridized carbons (Fsp3) is 0.375. The van der Waals surface area contributed by atoms with Gasteiger partial charge in [-0.05, 0) is 25.8 Å². The van der Waals surface area contributed by atoms with Crippen LogP contribution < -0.4 is 5.32 Å². The van der Waals surface area contributed by atoms with E-state index in [-0.39, 0.29) is 18.6 Å². The molecule has 112 valence electrons. The number of carbonyl (C=O) groups is 1. The van der Waals surface area contributed by atoms with E-state index in [1.54, 1.807) is 4.68 Å². The highest BCUT2D eigenvalue weighted by Crippen LogP contribution is 2.12. The predicted octanol–water partition coefficient (Wildman–Crippen LogP) is 1.37. The highest BCUT2D eigenvalue weighted by atomic mass is 16.3. The molecular formula is C16H21N3O2. The third-order valence-corrected chi connectivity index (χ3v) is 3.62. The molecule has 1 heterocycles. The molecule has 2 aromatic rings. The molecule has 0 saturated heterocycles. The zero-order chi connectivity index (χ0) is 15.4. The Hall–Kier alpha value is -2.14. The van der Waals surface area contributed by atoms with Crippen molar-refractivity contribution in [2.24, 2.45) is 7.05 Å². The van der Waals surface area contributed by atoms with Gasteiger partial charge in [-0.25, -0.2) is 0 Å². The number of aliphatic hydroxyl groups is 1. The van der Waals surface area contributed by atoms with Crippen molar-refractivity contribution in [1.29, 1.82) is 0 Å². The zero-order valence-corrected chi connectivity index (χ0v) is 12.6. The maximum absolute atomic E-state index is 12.4. The van der Waals surface area contributed by atoms with Gasteiger partial charge in [-0.2, -0.15) is 5.10 Å². The Labute approximate surface area is 124 Å². The average molecular weight is 287 g/mol. The minimum Gasteiger partial charge on any atom is -0.394 e. The quantitative estimate of drug-likeness (QED) is 0.873. The van der Waals surface area contributed by atoms with Crippen molar-refractivity contribution in [2.75, 3.05) is 6.61 Å². The van der Waals surface area contributed by atoms with E-state index in [1.165, 1.54) is 0 Å². The lowest BCUT2D eigenvalue weighted by atomic mass is 10.1. The summed E-state index contributed by atoms with van der Waals surface area (Å²) in [5.74, 6) is -0.187. The molecule has 1 aromatic carbocycles. The number of carbonyl (C=O) groups excluding carboxylic acids is 1. The topological polar surface area (TPSA) is 67.2 Å². The minimum atomic E-state index is -0.307. The van der Waals surface area contributed by atoms with Crippen LogP contribution in [0.1, 0.15) is 27.3 Å². The van der Waals surface area contributed by atoms with E-state index < -0.39 is 0 Å². The van der Waals surface area contributed by atoms with Gasteiger partial charge in [-0.1, -0.05) is 30.3 Å². The molecule has 0 aliphatic rings. The van der Waals surface area contributed by atoms with Gasteiger partial charge in [0.05, 0.1) is 23.9 Å². The van der Waals surface area contributed by atoms with Gasteiger partial charge in [0.25, 0.3) is 5.91 Å². The SMILES string of the molecule is Cc1nn(C)c(C)c1C(=O)N[C@H](CO)Cc1ccccc1. The summed E-state index contributed by atoms with van der Waals surface area (Å²) in [4.78, 5) is 12.4. The van der Waals surface area contributed by atoms with Crippen LogP contribution >= 0.6 is 0 Å². The molecule has 0 fully saturated rings. The van der Waals surface area contributed by atoms with Gasteiger partial charge < -0.3 is 10.4 Å². The number of hydrogen-bond acceptors (Lipinski definition) is 3. The van der Waals surface area contributed by atoms with Gasteiger partial charge in [-0.15, -0.1) is 0 Å². The van der Waals surface area contributed by atoms with Crippen LogP contribution in [-0.4, -0.2) is 33.4 Å². The van der Waals surface area contributed by atoms with E-state index in [9.17, 15) is 9.90 Å². The smallest absolute Gasteiger partial charge is 0.255 e. The number of amides is 1. The number of hydrogen-bond donors (Lipinski definition) is 2. The van der Waals surface area contributed by atoms with E-state index in [2.05, 4.69) is 10.4 Å². The van der Waals surface area contributed by atoms with Crippen LogP contribution in [0.4, 0.5) is 0 Å². The lowest BCUT2D eigenvalue weighted by molar-refractivity contribution is 0.0915. The molecule has 0 radical (unpaired) electrons. The first-order valence-corrected chi connectivity index (χ1v) is 6.98. The molecule has 5 nitrogen and oxygen atoms in total. The maximum Gasteiger partial charge on any atom is 0.255 e. The Balaban J connectivity index is 2.09. The zero-order valence-electron chi connectivity index (χ0n) is 12.6. The first-order valence-electron chi connectivity index (χ1n) is 6.98. The van der Waals surface area contributed by atoms with Crippen LogP contribution in [0.2, 0.25) is 0 Å². The largest absolute Gasteiger partial charge is 0.394 e. The summed E-state index contributed by atoms with van der Waals surface area (Å²) in [6, 6.07) is 9.49. The van der Waals surface area contributed by atoms with E-state index in [0.29, 0.717) is 17.7 Å². The van der Waals surface area contributed by atoms with Crippen LogP contribution in [0.3, 0.4) is 0 Å². The summed E-state index contributed by atoms with van der Waals surface area (Å²) in [5.41, 5.74) is 3.19. The molecule has 0 saturated carbocycles. The summed E-state index contributed by atoms with van der Waals surface area (Å²) in [6.07, 6.45) is 0.599. The van der Waals surface area contributed by atoms with E-state index in [0.717, 1.165) is 11.3 Å². The standard InChI is InChI=1S/C16H21N3O2/c1-11-15(12(2)19(3)18-11)16(21)17-14(10-20)9-13-7-5-4-6-8-13/h4-8,14,20H,9-10H2,1-3H3,(H,17,21)/t14-/m0/s1. The fourth-order valence-electron chi connectivity index (χ4n) is 2.42. The third kappa shape index (κ3) is 3.49. The number of aryl methyl sites for hydroxylation is 2. The Morgan fingerprint density at radius 3 is 2.52 bits per heavy atom. The van der Waals surface area contributed by atoms with Crippen molar-refractivity contribution in [1.82, 2.24) is 15.1 Å². The van der Waals surface area contributed by atoms with E-state index in [1.807, 2.05) is 51.2 Å². The number of benzene rings is 1. The minimum absolute atomic E-state index is 0.0982. The van der Waals surface area contributed by atoms with E-state index in [4.69, 9.17) is 0 Å². The number of aromatic nitrogens is 2. The van der Waals surface area contributed by atoms with Gasteiger partial charge in [0, 0.05) is 12.7 Å². The van der Waals surface area contributed by atoms with Crippen molar-refractivity contribution in [3.8, 4) is 0 Å². The molecule has 0 bridgehead atoms. The molecule has 1 aromatic heterocycles. The third-order valence-electron chi connectivity index (χ3n) is 3.62. The average Bonchev–Trinajstić information content (AvgIpc) is 2.72. The molecular weight excluding hydrogens is 266 g/mol. The maximum atomic E-state index is 12.4. The highest BCUT2D eigenvalue weighted by Gasteiger charge is 2.20. The van der Waals surface area contributed by atoms with Crippen LogP contribution in [0.25, 0.3) is 0 Å². The molecule has 21 heavy (non-hydrogen) atoms. The number of nitrogens with zero attached hydrogens (tertiary/aromatic N) is 2. The van der Waals surface area contributed by atoms with Crippen molar-refractivity contribution in [3.05, 3.63) is 52.8 Å². The van der Waals surface area contributed by atoms with Crippen molar-refractivity contribution in [2.45, 2.75) is 26.3 Å². The second-order valence-corrected chi connectivity index (χ2v) is 5.21. The van der Waals surface area contributed by atoms with Crippen LogP contribution in [0, 0.1) is 13.8 Å². The number of aliphatic hydroxyl groups excluding tert-OH is 1. The Bertz CT molecular complexity index is 620. The monoisotopic (exact) mass is 287 g/mol. The van der Waals surface area contributed by atoms with Crippen molar-refractivity contribution in [3.63, 3.8) is 0 Å². The van der Waals surface area contributed by atoms with Gasteiger partial charge in [0.2, 0.25) is 0 Å². The molecule has 5 heteroatoms. The normalized spacial score (nSPS) is 12.2. The number of rotatable bonds is 5. The molecule has 1 amide bonds. The molecule has 2 N–H and O–H groups in total. The highest BCUT2D eigenvalue weighted by molar-refractivity contribution is 5.96. The fourth-order valence-corrected chi connectivity index (χ4v) is 2.42. The van der Waals surface area contributed by atoms with Crippen molar-refractivity contribution < 1.29 is 9.90 Å². The lowest BCUT2D eigenvalue weighted by Crippen LogP contribution is -2.39. The molecule has 0 aliphatic carbocycles. The summed E-state index contributed by atoms with van der Waals surface area (Å²) < 4.78 is 1.69.